The summed E-state index contributed by atoms with van der Waals surface area (Å²) in [5.74, 6) is -2.37. The van der Waals surface area contributed by atoms with Crippen LogP contribution in [0.25, 0.3) is 0 Å². The lowest BCUT2D eigenvalue weighted by Gasteiger charge is -2.12. The molecule has 150 valence electrons. The van der Waals surface area contributed by atoms with Gasteiger partial charge in [-0.15, -0.1) is 0 Å². The summed E-state index contributed by atoms with van der Waals surface area (Å²) in [5, 5.41) is 4.93. The molecule has 2 aromatic rings. The minimum absolute atomic E-state index is 0.0587. The van der Waals surface area contributed by atoms with Gasteiger partial charge in [0.2, 0.25) is 5.91 Å². The number of hydrogen-bond acceptors (Lipinski definition) is 4. The third-order valence-corrected chi connectivity index (χ3v) is 4.50. The smallest absolute Gasteiger partial charge is 0.261 e. The number of anilines is 2. The van der Waals surface area contributed by atoms with Crippen LogP contribution in [0.15, 0.2) is 36.4 Å². The molecule has 0 spiro atoms. The molecule has 0 saturated heterocycles. The molecule has 0 saturated carbocycles. The molecule has 4 amide bonds. The van der Waals surface area contributed by atoms with E-state index in [1.54, 1.807) is 0 Å². The quantitative estimate of drug-likeness (QED) is 0.730. The Morgan fingerprint density at radius 3 is 2.41 bits per heavy atom. The number of benzene rings is 2. The number of unbranched alkanes of at least 4 members (excludes halogenated alkanes) is 1. The number of nitrogens with one attached hydrogen (secondary N) is 2. The molecule has 2 N–H and O–H groups in total. The highest BCUT2D eigenvalue weighted by atomic mass is 19.1. The fourth-order valence-corrected chi connectivity index (χ4v) is 3.04. The molecule has 1 heterocycles. The lowest BCUT2D eigenvalue weighted by atomic mass is 10.1. The molecule has 0 unspecified atom stereocenters. The van der Waals surface area contributed by atoms with Crippen LogP contribution >= 0.6 is 0 Å². The van der Waals surface area contributed by atoms with Crippen LogP contribution in [0.3, 0.4) is 0 Å². The van der Waals surface area contributed by atoms with Gasteiger partial charge >= 0.3 is 0 Å². The van der Waals surface area contributed by atoms with E-state index in [2.05, 4.69) is 10.6 Å². The zero-order valence-electron chi connectivity index (χ0n) is 16.0. The molecule has 0 aromatic heterocycles. The molecule has 3 rings (SSSR count). The summed E-state index contributed by atoms with van der Waals surface area (Å²) in [7, 11) is 0. The zero-order valence-corrected chi connectivity index (χ0v) is 16.0. The van der Waals surface area contributed by atoms with Gasteiger partial charge in [-0.05, 0) is 42.8 Å². The number of imide groups is 1. The van der Waals surface area contributed by atoms with Gasteiger partial charge in [-0.1, -0.05) is 13.3 Å². The van der Waals surface area contributed by atoms with Crippen molar-refractivity contribution in [2.45, 2.75) is 26.7 Å². The number of rotatable bonds is 6. The van der Waals surface area contributed by atoms with E-state index in [-0.39, 0.29) is 34.0 Å². The van der Waals surface area contributed by atoms with E-state index in [1.807, 2.05) is 6.92 Å². The van der Waals surface area contributed by atoms with Gasteiger partial charge in [0, 0.05) is 24.7 Å². The number of nitrogens with zero attached hydrogens (tertiary/aromatic N) is 1. The van der Waals surface area contributed by atoms with Crippen molar-refractivity contribution in [2.24, 2.45) is 0 Å². The van der Waals surface area contributed by atoms with Crippen molar-refractivity contribution >= 4 is 35.0 Å². The fraction of sp³-hybridized carbons (Fsp3) is 0.238. The molecular formula is C21H20FN3O4. The topological polar surface area (TPSA) is 95.6 Å². The van der Waals surface area contributed by atoms with Crippen LogP contribution in [0.4, 0.5) is 15.8 Å². The Balaban J connectivity index is 1.81. The Kier molecular flexibility index (Phi) is 5.72. The van der Waals surface area contributed by atoms with Gasteiger partial charge < -0.3 is 10.6 Å². The summed E-state index contributed by atoms with van der Waals surface area (Å²) in [6.45, 7) is 3.55. The number of carbonyl (C=O) groups excluding carboxylic acids is 4. The first kappa shape index (κ1) is 20.2. The van der Waals surface area contributed by atoms with Crippen LogP contribution in [0.1, 0.15) is 57.8 Å². The first-order valence-electron chi connectivity index (χ1n) is 9.20. The van der Waals surface area contributed by atoms with Gasteiger partial charge in [-0.2, -0.15) is 0 Å². The lowest BCUT2D eigenvalue weighted by Crippen LogP contribution is -2.30. The van der Waals surface area contributed by atoms with E-state index in [0.29, 0.717) is 13.0 Å². The molecule has 2 aromatic carbocycles. The maximum Gasteiger partial charge on any atom is 0.261 e. The van der Waals surface area contributed by atoms with Crippen molar-refractivity contribution in [1.29, 1.82) is 0 Å². The van der Waals surface area contributed by atoms with E-state index in [4.69, 9.17) is 0 Å². The standard InChI is InChI=1S/C21H20FN3O4/c1-3-4-9-25-20(28)15-7-5-13(10-16(15)21(25)29)19(27)24-14-6-8-17(22)18(11-14)23-12(2)26/h5-8,10-11H,3-4,9H2,1-2H3,(H,23,26)(H,24,27). The van der Waals surface area contributed by atoms with E-state index >= 15 is 0 Å². The summed E-state index contributed by atoms with van der Waals surface area (Å²) >= 11 is 0. The summed E-state index contributed by atoms with van der Waals surface area (Å²) < 4.78 is 13.7. The van der Waals surface area contributed by atoms with Gasteiger partial charge in [0.1, 0.15) is 5.82 Å². The molecule has 0 bridgehead atoms. The highest BCUT2D eigenvalue weighted by molar-refractivity contribution is 6.22. The van der Waals surface area contributed by atoms with Crippen LogP contribution in [0.5, 0.6) is 0 Å². The predicted octanol–water partition coefficient (Wildman–Crippen LogP) is 3.43. The highest BCUT2D eigenvalue weighted by Crippen LogP contribution is 2.25. The Bertz CT molecular complexity index is 1020. The Hall–Kier alpha value is -3.55. The van der Waals surface area contributed by atoms with Gasteiger partial charge in [0.05, 0.1) is 16.8 Å². The Labute approximate surface area is 166 Å². The number of carbonyl (C=O) groups is 4. The van der Waals surface area contributed by atoms with Crippen molar-refractivity contribution in [3.63, 3.8) is 0 Å². The summed E-state index contributed by atoms with van der Waals surface area (Å²) in [5.41, 5.74) is 0.867. The van der Waals surface area contributed by atoms with Crippen molar-refractivity contribution in [1.82, 2.24) is 4.90 Å². The lowest BCUT2D eigenvalue weighted by molar-refractivity contribution is -0.114. The van der Waals surface area contributed by atoms with Gasteiger partial charge in [0.25, 0.3) is 17.7 Å². The minimum atomic E-state index is -0.632. The zero-order chi connectivity index (χ0) is 21.1. The normalized spacial score (nSPS) is 12.7. The SMILES string of the molecule is CCCCN1C(=O)c2ccc(C(=O)Nc3ccc(F)c(NC(C)=O)c3)cc2C1=O. The first-order chi connectivity index (χ1) is 13.8. The largest absolute Gasteiger partial charge is 0.324 e. The van der Waals surface area contributed by atoms with E-state index in [1.165, 1.54) is 42.2 Å². The third kappa shape index (κ3) is 4.16. The third-order valence-electron chi connectivity index (χ3n) is 4.50. The van der Waals surface area contributed by atoms with E-state index < -0.39 is 23.5 Å². The summed E-state index contributed by atoms with van der Waals surface area (Å²) in [6.07, 6.45) is 1.55. The Morgan fingerprint density at radius 1 is 1.00 bits per heavy atom. The van der Waals surface area contributed by atoms with E-state index in [9.17, 15) is 23.6 Å². The van der Waals surface area contributed by atoms with Crippen molar-refractivity contribution < 1.29 is 23.6 Å². The molecule has 0 atom stereocenters. The molecule has 8 heteroatoms. The number of hydrogen-bond donors (Lipinski definition) is 2. The molecule has 29 heavy (non-hydrogen) atoms. The van der Waals surface area contributed by atoms with E-state index in [0.717, 1.165) is 12.5 Å². The first-order valence-corrected chi connectivity index (χ1v) is 9.20. The van der Waals surface area contributed by atoms with Crippen LogP contribution in [-0.4, -0.2) is 35.1 Å². The van der Waals surface area contributed by atoms with Gasteiger partial charge in [-0.25, -0.2) is 4.39 Å². The monoisotopic (exact) mass is 397 g/mol. The second kappa shape index (κ2) is 8.22. The molecule has 1 aliphatic rings. The molecular weight excluding hydrogens is 377 g/mol. The van der Waals surface area contributed by atoms with Crippen molar-refractivity contribution in [3.8, 4) is 0 Å². The summed E-state index contributed by atoms with van der Waals surface area (Å²) in [4.78, 5) is 49.8. The number of amides is 4. The second-order valence-corrected chi connectivity index (χ2v) is 6.71. The average molecular weight is 397 g/mol. The van der Waals surface area contributed by atoms with Gasteiger partial charge in [-0.3, -0.25) is 24.1 Å². The minimum Gasteiger partial charge on any atom is -0.324 e. The molecule has 7 nitrogen and oxygen atoms in total. The molecule has 0 aliphatic carbocycles. The average Bonchev–Trinajstić information content (AvgIpc) is 2.92. The van der Waals surface area contributed by atoms with Crippen LogP contribution in [0.2, 0.25) is 0 Å². The predicted molar refractivity (Wildman–Crippen MR) is 105 cm³/mol. The summed E-state index contributed by atoms with van der Waals surface area (Å²) in [6, 6.07) is 8.08. The highest BCUT2D eigenvalue weighted by Gasteiger charge is 2.35. The van der Waals surface area contributed by atoms with Crippen molar-refractivity contribution in [2.75, 3.05) is 17.2 Å². The second-order valence-electron chi connectivity index (χ2n) is 6.71. The van der Waals surface area contributed by atoms with Crippen molar-refractivity contribution in [3.05, 3.63) is 58.9 Å². The number of halogens is 1. The Morgan fingerprint density at radius 2 is 1.72 bits per heavy atom. The van der Waals surface area contributed by atoms with Crippen LogP contribution < -0.4 is 10.6 Å². The molecule has 0 radical (unpaired) electrons. The fourth-order valence-electron chi connectivity index (χ4n) is 3.04. The number of fused-ring (bicyclic) bond motifs is 1. The molecule has 1 aliphatic heterocycles. The maximum absolute atomic E-state index is 13.7. The van der Waals surface area contributed by atoms with Gasteiger partial charge in [0.15, 0.2) is 0 Å². The van der Waals surface area contributed by atoms with Crippen LogP contribution in [0, 0.1) is 5.82 Å². The molecule has 0 fully saturated rings. The maximum atomic E-state index is 13.7. The van der Waals surface area contributed by atoms with Crippen LogP contribution in [-0.2, 0) is 4.79 Å².